The van der Waals surface area contributed by atoms with Crippen molar-refractivity contribution >= 4 is 0 Å². The van der Waals surface area contributed by atoms with Gasteiger partial charge in [-0.1, -0.05) is 48.5 Å². The Morgan fingerprint density at radius 2 is 1.71 bits per heavy atom. The summed E-state index contributed by atoms with van der Waals surface area (Å²) in [5.41, 5.74) is 2.45. The van der Waals surface area contributed by atoms with Crippen LogP contribution in [-0.4, -0.2) is 5.60 Å². The summed E-state index contributed by atoms with van der Waals surface area (Å²) in [6, 6.07) is 19.6. The third-order valence-electron chi connectivity index (χ3n) is 4.13. The molecule has 0 radical (unpaired) electrons. The van der Waals surface area contributed by atoms with Gasteiger partial charge in [0.15, 0.2) is 0 Å². The van der Waals surface area contributed by atoms with Crippen LogP contribution in [0, 0.1) is 0 Å². The van der Waals surface area contributed by atoms with Gasteiger partial charge in [0, 0.05) is 24.1 Å². The van der Waals surface area contributed by atoms with Crippen LogP contribution in [0.15, 0.2) is 54.6 Å². The van der Waals surface area contributed by atoms with Crippen LogP contribution in [0.2, 0.25) is 0 Å². The highest BCUT2D eigenvalue weighted by molar-refractivity contribution is 5.39. The highest BCUT2D eigenvalue weighted by Gasteiger charge is 2.33. The molecule has 1 aliphatic rings. The van der Waals surface area contributed by atoms with Crippen molar-refractivity contribution < 1.29 is 4.74 Å². The summed E-state index contributed by atoms with van der Waals surface area (Å²) in [6.07, 6.45) is 0.973. The van der Waals surface area contributed by atoms with Crippen molar-refractivity contribution in [2.24, 2.45) is 0 Å². The van der Waals surface area contributed by atoms with E-state index in [-0.39, 0.29) is 5.60 Å². The second-order valence-electron chi connectivity index (χ2n) is 6.46. The van der Waals surface area contributed by atoms with Gasteiger partial charge in [0.05, 0.1) is 0 Å². The van der Waals surface area contributed by atoms with Crippen molar-refractivity contribution in [3.8, 4) is 5.75 Å². The standard InChI is InChI=1S/C19H23NO/c1-14(15-9-5-4-6-10-15)20-17-13-19(2,3)21-18-12-8-7-11-16(17)18/h4-12,14,17,20H,13H2,1-3H3/t14-,17?/m1/s1. The van der Waals surface area contributed by atoms with Crippen molar-refractivity contribution in [1.29, 1.82) is 0 Å². The van der Waals surface area contributed by atoms with Gasteiger partial charge in [0.25, 0.3) is 0 Å². The van der Waals surface area contributed by atoms with Crippen LogP contribution in [-0.2, 0) is 0 Å². The maximum atomic E-state index is 6.10. The second kappa shape index (κ2) is 5.53. The third kappa shape index (κ3) is 3.11. The van der Waals surface area contributed by atoms with Gasteiger partial charge in [-0.2, -0.15) is 0 Å². The van der Waals surface area contributed by atoms with Crippen molar-refractivity contribution in [2.75, 3.05) is 0 Å². The predicted molar refractivity (Wildman–Crippen MR) is 86.5 cm³/mol. The van der Waals surface area contributed by atoms with E-state index in [1.807, 2.05) is 6.07 Å². The number of para-hydroxylation sites is 1. The Labute approximate surface area is 127 Å². The first-order valence-electron chi connectivity index (χ1n) is 7.64. The summed E-state index contributed by atoms with van der Waals surface area (Å²) < 4.78 is 6.10. The SMILES string of the molecule is C[C@@H](NC1CC(C)(C)Oc2ccccc21)c1ccccc1. The van der Waals surface area contributed by atoms with Gasteiger partial charge in [-0.3, -0.25) is 0 Å². The molecule has 2 aromatic rings. The first-order chi connectivity index (χ1) is 10.1. The first kappa shape index (κ1) is 14.2. The summed E-state index contributed by atoms with van der Waals surface area (Å²) in [4.78, 5) is 0. The lowest BCUT2D eigenvalue weighted by Gasteiger charge is -2.39. The van der Waals surface area contributed by atoms with Crippen molar-refractivity contribution in [2.45, 2.75) is 44.9 Å². The smallest absolute Gasteiger partial charge is 0.124 e. The Morgan fingerprint density at radius 3 is 2.48 bits per heavy atom. The molecule has 0 amide bonds. The predicted octanol–water partition coefficient (Wildman–Crippen LogP) is 4.64. The summed E-state index contributed by atoms with van der Waals surface area (Å²) in [6.45, 7) is 6.54. The summed E-state index contributed by atoms with van der Waals surface area (Å²) in [7, 11) is 0. The molecule has 2 atom stereocenters. The largest absolute Gasteiger partial charge is 0.487 e. The topological polar surface area (TPSA) is 21.3 Å². The molecule has 1 aliphatic heterocycles. The molecular weight excluding hydrogens is 258 g/mol. The Hall–Kier alpha value is -1.80. The average Bonchev–Trinajstić information content (AvgIpc) is 2.47. The van der Waals surface area contributed by atoms with E-state index in [0.29, 0.717) is 12.1 Å². The zero-order valence-corrected chi connectivity index (χ0v) is 13.0. The molecule has 110 valence electrons. The number of hydrogen-bond acceptors (Lipinski definition) is 2. The number of fused-ring (bicyclic) bond motifs is 1. The minimum absolute atomic E-state index is 0.136. The molecule has 2 heteroatoms. The van der Waals surface area contributed by atoms with Gasteiger partial charge >= 0.3 is 0 Å². The first-order valence-corrected chi connectivity index (χ1v) is 7.64. The molecule has 21 heavy (non-hydrogen) atoms. The Kier molecular flexibility index (Phi) is 3.73. The van der Waals surface area contributed by atoms with Crippen LogP contribution in [0.5, 0.6) is 5.75 Å². The van der Waals surface area contributed by atoms with Crippen LogP contribution >= 0.6 is 0 Å². The van der Waals surface area contributed by atoms with E-state index in [9.17, 15) is 0 Å². The lowest BCUT2D eigenvalue weighted by Crippen LogP contribution is -2.40. The maximum absolute atomic E-state index is 6.10. The summed E-state index contributed by atoms with van der Waals surface area (Å²) >= 11 is 0. The fraction of sp³-hybridized carbons (Fsp3) is 0.368. The van der Waals surface area contributed by atoms with Crippen LogP contribution < -0.4 is 10.1 Å². The Balaban J connectivity index is 1.85. The van der Waals surface area contributed by atoms with Crippen LogP contribution in [0.4, 0.5) is 0 Å². The quantitative estimate of drug-likeness (QED) is 0.885. The summed E-state index contributed by atoms with van der Waals surface area (Å²) in [5, 5.41) is 3.77. The zero-order valence-electron chi connectivity index (χ0n) is 13.0. The van der Waals surface area contributed by atoms with Crippen molar-refractivity contribution in [3.63, 3.8) is 0 Å². The molecule has 2 aromatic carbocycles. The van der Waals surface area contributed by atoms with Crippen LogP contribution in [0.25, 0.3) is 0 Å². The molecule has 1 N–H and O–H groups in total. The van der Waals surface area contributed by atoms with Crippen molar-refractivity contribution in [3.05, 3.63) is 65.7 Å². The van der Waals surface area contributed by atoms with Gasteiger partial charge in [0.2, 0.25) is 0 Å². The van der Waals surface area contributed by atoms with E-state index >= 15 is 0 Å². The lowest BCUT2D eigenvalue weighted by atomic mass is 9.89. The minimum atomic E-state index is -0.136. The van der Waals surface area contributed by atoms with E-state index in [1.165, 1.54) is 11.1 Å². The van der Waals surface area contributed by atoms with Gasteiger partial charge in [0.1, 0.15) is 11.4 Å². The number of hydrogen-bond donors (Lipinski definition) is 1. The van der Waals surface area contributed by atoms with E-state index in [2.05, 4.69) is 74.6 Å². The lowest BCUT2D eigenvalue weighted by molar-refractivity contribution is 0.0640. The highest BCUT2D eigenvalue weighted by Crippen LogP contribution is 2.40. The van der Waals surface area contributed by atoms with Crippen LogP contribution in [0.3, 0.4) is 0 Å². The fourth-order valence-electron chi connectivity index (χ4n) is 3.09. The maximum Gasteiger partial charge on any atom is 0.124 e. The highest BCUT2D eigenvalue weighted by atomic mass is 16.5. The number of rotatable bonds is 3. The van der Waals surface area contributed by atoms with Crippen LogP contribution in [0.1, 0.15) is 50.4 Å². The second-order valence-corrected chi connectivity index (χ2v) is 6.46. The van der Waals surface area contributed by atoms with Crippen molar-refractivity contribution in [1.82, 2.24) is 5.32 Å². The zero-order chi connectivity index (χ0) is 14.9. The molecule has 0 fully saturated rings. The van der Waals surface area contributed by atoms with E-state index < -0.39 is 0 Å². The van der Waals surface area contributed by atoms with Gasteiger partial charge in [-0.15, -0.1) is 0 Å². The molecular formula is C19H23NO. The fourth-order valence-corrected chi connectivity index (χ4v) is 3.09. The average molecular weight is 281 g/mol. The van der Waals surface area contributed by atoms with E-state index in [1.54, 1.807) is 0 Å². The molecule has 0 saturated carbocycles. The van der Waals surface area contributed by atoms with E-state index in [0.717, 1.165) is 12.2 Å². The van der Waals surface area contributed by atoms with E-state index in [4.69, 9.17) is 4.74 Å². The number of benzene rings is 2. The molecule has 1 heterocycles. The molecule has 0 saturated heterocycles. The van der Waals surface area contributed by atoms with Gasteiger partial charge in [-0.25, -0.2) is 0 Å². The third-order valence-corrected chi connectivity index (χ3v) is 4.13. The van der Waals surface area contributed by atoms with Gasteiger partial charge < -0.3 is 10.1 Å². The molecule has 0 aromatic heterocycles. The molecule has 2 nitrogen and oxygen atoms in total. The summed E-state index contributed by atoms with van der Waals surface area (Å²) in [5.74, 6) is 1.01. The number of ether oxygens (including phenoxy) is 1. The minimum Gasteiger partial charge on any atom is -0.487 e. The Morgan fingerprint density at radius 1 is 1.05 bits per heavy atom. The molecule has 3 rings (SSSR count). The molecule has 0 spiro atoms. The number of nitrogens with one attached hydrogen (secondary N) is 1. The molecule has 0 bridgehead atoms. The normalized spacial score (nSPS) is 21.2. The van der Waals surface area contributed by atoms with Gasteiger partial charge in [-0.05, 0) is 32.4 Å². The molecule has 1 unspecified atom stereocenters. The monoisotopic (exact) mass is 281 g/mol. The Bertz CT molecular complexity index is 606. The molecule has 0 aliphatic carbocycles.